The maximum atomic E-state index is 3.96. The number of hydrogen-bond donors (Lipinski definition) is 1. The van der Waals surface area contributed by atoms with E-state index in [0.29, 0.717) is 10.8 Å². The van der Waals surface area contributed by atoms with Gasteiger partial charge in [0.1, 0.15) is 0 Å². The third-order valence-corrected chi connectivity index (χ3v) is 5.96. The lowest BCUT2D eigenvalue weighted by Crippen LogP contribution is -2.51. The van der Waals surface area contributed by atoms with Gasteiger partial charge in [0.2, 0.25) is 0 Å². The fourth-order valence-corrected chi connectivity index (χ4v) is 4.68. The Kier molecular flexibility index (Phi) is 4.14. The molecule has 2 heteroatoms. The van der Waals surface area contributed by atoms with Crippen LogP contribution in [0, 0.1) is 10.8 Å². The van der Waals surface area contributed by atoms with E-state index >= 15 is 0 Å². The maximum Gasteiger partial charge on any atom is 0.0212 e. The van der Waals surface area contributed by atoms with Crippen LogP contribution in [0.2, 0.25) is 0 Å². The van der Waals surface area contributed by atoms with Gasteiger partial charge in [0.25, 0.3) is 0 Å². The molecule has 1 saturated heterocycles. The van der Waals surface area contributed by atoms with Crippen molar-refractivity contribution in [1.82, 2.24) is 5.32 Å². The van der Waals surface area contributed by atoms with Crippen molar-refractivity contribution in [3.63, 3.8) is 0 Å². The molecule has 2 fully saturated rings. The number of hydrogen-bond acceptors (Lipinski definition) is 2. The van der Waals surface area contributed by atoms with Crippen molar-refractivity contribution in [2.45, 2.75) is 71.9 Å². The first-order valence-electron chi connectivity index (χ1n) is 7.23. The van der Waals surface area contributed by atoms with E-state index in [4.69, 9.17) is 0 Å². The van der Waals surface area contributed by atoms with Crippen LogP contribution in [0.1, 0.15) is 59.8 Å². The van der Waals surface area contributed by atoms with Crippen molar-refractivity contribution < 1.29 is 0 Å². The molecule has 2 rings (SSSR count). The van der Waals surface area contributed by atoms with E-state index in [-0.39, 0.29) is 0 Å². The van der Waals surface area contributed by atoms with E-state index in [2.05, 4.69) is 44.8 Å². The normalized spacial score (nSPS) is 33.5. The SMILES string of the molecule is CC1(C)CCC(NC2CSCCC2(C)C)CC1. The standard InChI is InChI=1S/C15H29NS/c1-14(2)7-5-12(6-8-14)16-13-11-17-10-9-15(13,3)4/h12-13,16H,5-11H2,1-4H3. The van der Waals surface area contributed by atoms with Crippen LogP contribution in [-0.4, -0.2) is 23.6 Å². The highest BCUT2D eigenvalue weighted by molar-refractivity contribution is 7.99. The predicted octanol–water partition coefficient (Wildman–Crippen LogP) is 4.08. The highest BCUT2D eigenvalue weighted by atomic mass is 32.2. The second kappa shape index (κ2) is 5.13. The summed E-state index contributed by atoms with van der Waals surface area (Å²) in [5.41, 5.74) is 1.09. The first-order chi connectivity index (χ1) is 7.89. The van der Waals surface area contributed by atoms with Crippen LogP contribution in [0.4, 0.5) is 0 Å². The zero-order chi connectivity index (χ0) is 12.5. The molecular weight excluding hydrogens is 226 g/mol. The molecule has 100 valence electrons. The van der Waals surface area contributed by atoms with Crippen LogP contribution in [0.15, 0.2) is 0 Å². The van der Waals surface area contributed by atoms with Gasteiger partial charge >= 0.3 is 0 Å². The summed E-state index contributed by atoms with van der Waals surface area (Å²) >= 11 is 2.13. The minimum absolute atomic E-state index is 0.498. The van der Waals surface area contributed by atoms with Crippen molar-refractivity contribution in [2.75, 3.05) is 11.5 Å². The molecule has 1 heterocycles. The van der Waals surface area contributed by atoms with Crippen molar-refractivity contribution in [3.8, 4) is 0 Å². The van der Waals surface area contributed by atoms with E-state index in [0.717, 1.165) is 12.1 Å². The van der Waals surface area contributed by atoms with Gasteiger partial charge < -0.3 is 5.32 Å². The van der Waals surface area contributed by atoms with E-state index in [9.17, 15) is 0 Å². The third kappa shape index (κ3) is 3.64. The largest absolute Gasteiger partial charge is 0.310 e. The van der Waals surface area contributed by atoms with Gasteiger partial charge in [-0.25, -0.2) is 0 Å². The van der Waals surface area contributed by atoms with Crippen molar-refractivity contribution in [3.05, 3.63) is 0 Å². The lowest BCUT2D eigenvalue weighted by Gasteiger charge is -2.43. The Morgan fingerprint density at radius 3 is 2.24 bits per heavy atom. The van der Waals surface area contributed by atoms with Crippen molar-refractivity contribution in [1.29, 1.82) is 0 Å². The Balaban J connectivity index is 1.85. The highest BCUT2D eigenvalue weighted by Gasteiger charge is 2.35. The van der Waals surface area contributed by atoms with Gasteiger partial charge in [-0.2, -0.15) is 11.8 Å². The van der Waals surface area contributed by atoms with Crippen LogP contribution in [0.5, 0.6) is 0 Å². The fourth-order valence-electron chi connectivity index (χ4n) is 3.06. The zero-order valence-electron chi connectivity index (χ0n) is 12.0. The smallest absolute Gasteiger partial charge is 0.0212 e. The van der Waals surface area contributed by atoms with Gasteiger partial charge in [-0.3, -0.25) is 0 Å². The van der Waals surface area contributed by atoms with Gasteiger partial charge in [0.15, 0.2) is 0 Å². The van der Waals surface area contributed by atoms with Crippen LogP contribution in [-0.2, 0) is 0 Å². The summed E-state index contributed by atoms with van der Waals surface area (Å²) in [6.07, 6.45) is 6.91. The third-order valence-electron chi connectivity index (χ3n) is 4.89. The Bertz CT molecular complexity index is 250. The molecule has 1 saturated carbocycles. The Hall–Kier alpha value is 0.310. The van der Waals surface area contributed by atoms with E-state index in [1.165, 1.54) is 43.6 Å². The summed E-state index contributed by atoms with van der Waals surface area (Å²) in [4.78, 5) is 0. The minimum Gasteiger partial charge on any atom is -0.310 e. The molecule has 0 aromatic carbocycles. The monoisotopic (exact) mass is 255 g/mol. The molecule has 1 aliphatic heterocycles. The molecule has 0 radical (unpaired) electrons. The molecule has 1 N–H and O–H groups in total. The van der Waals surface area contributed by atoms with Gasteiger partial charge in [-0.1, -0.05) is 27.7 Å². The molecule has 1 nitrogen and oxygen atoms in total. The van der Waals surface area contributed by atoms with Crippen LogP contribution in [0.3, 0.4) is 0 Å². The summed E-state index contributed by atoms with van der Waals surface area (Å²) in [6.45, 7) is 9.72. The van der Waals surface area contributed by atoms with Gasteiger partial charge in [0, 0.05) is 17.8 Å². The predicted molar refractivity (Wildman–Crippen MR) is 78.7 cm³/mol. The second-order valence-electron chi connectivity index (χ2n) is 7.47. The Morgan fingerprint density at radius 1 is 1.00 bits per heavy atom. The molecule has 0 bridgehead atoms. The summed E-state index contributed by atoms with van der Waals surface area (Å²) in [5, 5.41) is 3.96. The first kappa shape index (κ1) is 13.7. The summed E-state index contributed by atoms with van der Waals surface area (Å²) in [5.74, 6) is 2.66. The average molecular weight is 255 g/mol. The van der Waals surface area contributed by atoms with E-state index < -0.39 is 0 Å². The summed E-state index contributed by atoms with van der Waals surface area (Å²) < 4.78 is 0. The van der Waals surface area contributed by atoms with Gasteiger partial charge in [-0.15, -0.1) is 0 Å². The lowest BCUT2D eigenvalue weighted by molar-refractivity contribution is 0.165. The molecule has 1 unspecified atom stereocenters. The van der Waals surface area contributed by atoms with Crippen molar-refractivity contribution in [2.24, 2.45) is 10.8 Å². The fraction of sp³-hybridized carbons (Fsp3) is 1.00. The number of rotatable bonds is 2. The van der Waals surface area contributed by atoms with E-state index in [1.54, 1.807) is 0 Å². The molecule has 0 aromatic rings. The molecule has 0 aromatic heterocycles. The summed E-state index contributed by atoms with van der Waals surface area (Å²) in [6, 6.07) is 1.51. The van der Waals surface area contributed by atoms with Crippen LogP contribution in [0.25, 0.3) is 0 Å². The number of thioether (sulfide) groups is 1. The minimum atomic E-state index is 0.498. The zero-order valence-corrected chi connectivity index (χ0v) is 12.8. The Labute approximate surface area is 112 Å². The van der Waals surface area contributed by atoms with E-state index in [1.807, 2.05) is 0 Å². The molecule has 0 amide bonds. The van der Waals surface area contributed by atoms with Gasteiger partial charge in [-0.05, 0) is 48.7 Å². The topological polar surface area (TPSA) is 12.0 Å². The van der Waals surface area contributed by atoms with Gasteiger partial charge in [0.05, 0.1) is 0 Å². The molecule has 1 atom stereocenters. The van der Waals surface area contributed by atoms with Crippen LogP contribution < -0.4 is 5.32 Å². The lowest BCUT2D eigenvalue weighted by atomic mass is 9.74. The first-order valence-corrected chi connectivity index (χ1v) is 8.38. The highest BCUT2D eigenvalue weighted by Crippen LogP contribution is 2.38. The molecule has 17 heavy (non-hydrogen) atoms. The second-order valence-corrected chi connectivity index (χ2v) is 8.62. The summed E-state index contributed by atoms with van der Waals surface area (Å²) in [7, 11) is 0. The average Bonchev–Trinajstić information content (AvgIpc) is 2.24. The maximum absolute atomic E-state index is 3.96. The molecule has 2 aliphatic rings. The number of nitrogens with one attached hydrogen (secondary N) is 1. The molecular formula is C15H29NS. The van der Waals surface area contributed by atoms with Crippen LogP contribution >= 0.6 is 11.8 Å². The Morgan fingerprint density at radius 2 is 1.65 bits per heavy atom. The molecule has 0 spiro atoms. The molecule has 1 aliphatic carbocycles. The van der Waals surface area contributed by atoms with Crippen molar-refractivity contribution >= 4 is 11.8 Å². The quantitative estimate of drug-likeness (QED) is 0.798.